The number of benzene rings is 1. The maximum Gasteiger partial charge on any atom is 0.213 e. The van der Waals surface area contributed by atoms with Crippen LogP contribution >= 0.6 is 0 Å². The summed E-state index contributed by atoms with van der Waals surface area (Å²) in [5.74, 6) is 1.45. The summed E-state index contributed by atoms with van der Waals surface area (Å²) in [7, 11) is 1.60. The SMILES string of the molecule is COc1cccc(COc2c(C)cc(N)cc2C)n1. The first kappa shape index (κ1) is 13.2. The Kier molecular flexibility index (Phi) is 3.90. The summed E-state index contributed by atoms with van der Waals surface area (Å²) >= 11 is 0. The van der Waals surface area contributed by atoms with Crippen molar-refractivity contribution in [2.45, 2.75) is 20.5 Å². The van der Waals surface area contributed by atoms with Crippen molar-refractivity contribution in [2.75, 3.05) is 12.8 Å². The van der Waals surface area contributed by atoms with Gasteiger partial charge in [0.1, 0.15) is 12.4 Å². The summed E-state index contributed by atoms with van der Waals surface area (Å²) in [6.45, 7) is 4.37. The van der Waals surface area contributed by atoms with Gasteiger partial charge in [-0.25, -0.2) is 4.98 Å². The number of methoxy groups -OCH3 is 1. The Labute approximate surface area is 113 Å². The van der Waals surface area contributed by atoms with Crippen LogP contribution in [0.2, 0.25) is 0 Å². The minimum Gasteiger partial charge on any atom is -0.487 e. The molecule has 0 fully saturated rings. The number of hydrogen-bond donors (Lipinski definition) is 1. The van der Waals surface area contributed by atoms with Crippen LogP contribution in [0, 0.1) is 13.8 Å². The zero-order valence-corrected chi connectivity index (χ0v) is 11.4. The van der Waals surface area contributed by atoms with Gasteiger partial charge in [-0.1, -0.05) is 6.07 Å². The van der Waals surface area contributed by atoms with E-state index in [1.165, 1.54) is 0 Å². The molecule has 2 N–H and O–H groups in total. The summed E-state index contributed by atoms with van der Waals surface area (Å²) in [6, 6.07) is 9.42. The second-order valence-electron chi connectivity index (χ2n) is 4.44. The van der Waals surface area contributed by atoms with E-state index in [1.807, 2.05) is 44.2 Å². The molecule has 0 atom stereocenters. The summed E-state index contributed by atoms with van der Waals surface area (Å²) < 4.78 is 10.9. The van der Waals surface area contributed by atoms with Gasteiger partial charge in [0, 0.05) is 11.8 Å². The summed E-state index contributed by atoms with van der Waals surface area (Å²) in [5.41, 5.74) is 9.43. The van der Waals surface area contributed by atoms with Crippen molar-refractivity contribution >= 4 is 5.69 Å². The van der Waals surface area contributed by atoms with Gasteiger partial charge in [0.15, 0.2) is 0 Å². The lowest BCUT2D eigenvalue weighted by Gasteiger charge is -2.13. The molecule has 0 amide bonds. The van der Waals surface area contributed by atoms with Gasteiger partial charge in [-0.15, -0.1) is 0 Å². The Morgan fingerprint density at radius 1 is 1.16 bits per heavy atom. The first-order valence-electron chi connectivity index (χ1n) is 6.09. The zero-order chi connectivity index (χ0) is 13.8. The molecule has 1 heterocycles. The molecule has 100 valence electrons. The largest absolute Gasteiger partial charge is 0.487 e. The molecule has 0 spiro atoms. The van der Waals surface area contributed by atoms with Crippen molar-refractivity contribution < 1.29 is 9.47 Å². The van der Waals surface area contributed by atoms with Gasteiger partial charge in [0.2, 0.25) is 5.88 Å². The molecule has 1 aromatic heterocycles. The number of aryl methyl sites for hydroxylation is 2. The van der Waals surface area contributed by atoms with Gasteiger partial charge < -0.3 is 15.2 Å². The van der Waals surface area contributed by atoms with Gasteiger partial charge in [0.05, 0.1) is 12.8 Å². The molecule has 0 radical (unpaired) electrons. The number of pyridine rings is 1. The minimum absolute atomic E-state index is 0.406. The van der Waals surface area contributed by atoms with Crippen LogP contribution in [0.5, 0.6) is 11.6 Å². The molecule has 0 unspecified atom stereocenters. The Hall–Kier alpha value is -2.23. The number of hydrogen-bond acceptors (Lipinski definition) is 4. The molecule has 2 aromatic rings. The maximum absolute atomic E-state index is 5.83. The van der Waals surface area contributed by atoms with E-state index in [2.05, 4.69) is 4.98 Å². The van der Waals surface area contributed by atoms with Gasteiger partial charge in [-0.3, -0.25) is 0 Å². The third-order valence-electron chi connectivity index (χ3n) is 2.84. The van der Waals surface area contributed by atoms with Crippen molar-refractivity contribution in [3.8, 4) is 11.6 Å². The number of rotatable bonds is 4. The first-order valence-corrected chi connectivity index (χ1v) is 6.09. The van der Waals surface area contributed by atoms with Crippen LogP contribution in [0.1, 0.15) is 16.8 Å². The fraction of sp³-hybridized carbons (Fsp3) is 0.267. The molecule has 0 aliphatic rings. The van der Waals surface area contributed by atoms with Crippen molar-refractivity contribution in [3.63, 3.8) is 0 Å². The highest BCUT2D eigenvalue weighted by atomic mass is 16.5. The molecular weight excluding hydrogens is 240 g/mol. The van der Waals surface area contributed by atoms with Crippen LogP contribution in [0.3, 0.4) is 0 Å². The minimum atomic E-state index is 0.406. The predicted molar refractivity (Wildman–Crippen MR) is 75.4 cm³/mol. The monoisotopic (exact) mass is 258 g/mol. The summed E-state index contributed by atoms with van der Waals surface area (Å²) in [5, 5.41) is 0. The maximum atomic E-state index is 5.83. The van der Waals surface area contributed by atoms with Crippen LogP contribution in [0.4, 0.5) is 5.69 Å². The number of anilines is 1. The Balaban J connectivity index is 2.14. The number of aromatic nitrogens is 1. The molecule has 0 saturated heterocycles. The lowest BCUT2D eigenvalue weighted by Crippen LogP contribution is -2.02. The number of nitrogen functional groups attached to an aromatic ring is 1. The second kappa shape index (κ2) is 5.61. The standard InChI is InChI=1S/C15H18N2O2/c1-10-7-12(16)8-11(2)15(10)19-9-13-5-4-6-14(17-13)18-3/h4-8H,9,16H2,1-3H3. The van der Waals surface area contributed by atoms with E-state index in [4.69, 9.17) is 15.2 Å². The molecule has 0 bridgehead atoms. The van der Waals surface area contributed by atoms with Gasteiger partial charge in [-0.05, 0) is 43.2 Å². The molecule has 4 heteroatoms. The van der Waals surface area contributed by atoms with E-state index < -0.39 is 0 Å². The Morgan fingerprint density at radius 2 is 1.84 bits per heavy atom. The van der Waals surface area contributed by atoms with Crippen molar-refractivity contribution in [1.29, 1.82) is 0 Å². The predicted octanol–water partition coefficient (Wildman–Crippen LogP) is 2.87. The normalized spacial score (nSPS) is 10.3. The van der Waals surface area contributed by atoms with Gasteiger partial charge >= 0.3 is 0 Å². The summed E-state index contributed by atoms with van der Waals surface area (Å²) in [4.78, 5) is 4.31. The highest BCUT2D eigenvalue weighted by molar-refractivity contribution is 5.52. The van der Waals surface area contributed by atoms with Crippen LogP contribution in [-0.2, 0) is 6.61 Å². The van der Waals surface area contributed by atoms with Gasteiger partial charge in [-0.2, -0.15) is 0 Å². The van der Waals surface area contributed by atoms with Crippen LogP contribution in [0.15, 0.2) is 30.3 Å². The van der Waals surface area contributed by atoms with E-state index in [0.29, 0.717) is 12.5 Å². The number of ether oxygens (including phenoxy) is 2. The van der Waals surface area contributed by atoms with E-state index in [0.717, 1.165) is 28.3 Å². The van der Waals surface area contributed by atoms with Crippen LogP contribution in [0.25, 0.3) is 0 Å². The average Bonchev–Trinajstić information content (AvgIpc) is 2.37. The molecule has 0 aliphatic heterocycles. The van der Waals surface area contributed by atoms with E-state index in [1.54, 1.807) is 7.11 Å². The third kappa shape index (κ3) is 3.16. The Bertz CT molecular complexity index is 559. The van der Waals surface area contributed by atoms with Crippen LogP contribution < -0.4 is 15.2 Å². The van der Waals surface area contributed by atoms with E-state index in [-0.39, 0.29) is 0 Å². The zero-order valence-electron chi connectivity index (χ0n) is 11.4. The summed E-state index contributed by atoms with van der Waals surface area (Å²) in [6.07, 6.45) is 0. The molecule has 19 heavy (non-hydrogen) atoms. The molecule has 4 nitrogen and oxygen atoms in total. The highest BCUT2D eigenvalue weighted by Gasteiger charge is 2.06. The highest BCUT2D eigenvalue weighted by Crippen LogP contribution is 2.26. The molecule has 0 aliphatic carbocycles. The van der Waals surface area contributed by atoms with Crippen molar-refractivity contribution in [3.05, 3.63) is 47.2 Å². The first-order chi connectivity index (χ1) is 9.10. The number of nitrogens with zero attached hydrogens (tertiary/aromatic N) is 1. The van der Waals surface area contributed by atoms with Gasteiger partial charge in [0.25, 0.3) is 0 Å². The van der Waals surface area contributed by atoms with Crippen molar-refractivity contribution in [2.24, 2.45) is 0 Å². The second-order valence-corrected chi connectivity index (χ2v) is 4.44. The molecule has 1 aromatic carbocycles. The van der Waals surface area contributed by atoms with Crippen LogP contribution in [-0.4, -0.2) is 12.1 Å². The van der Waals surface area contributed by atoms with Crippen molar-refractivity contribution in [1.82, 2.24) is 4.98 Å². The molecule has 0 saturated carbocycles. The number of nitrogens with two attached hydrogens (primary N) is 1. The third-order valence-corrected chi connectivity index (χ3v) is 2.84. The topological polar surface area (TPSA) is 57.4 Å². The lowest BCUT2D eigenvalue weighted by molar-refractivity contribution is 0.294. The van der Waals surface area contributed by atoms with E-state index in [9.17, 15) is 0 Å². The molecular formula is C15H18N2O2. The lowest BCUT2D eigenvalue weighted by atomic mass is 10.1. The van der Waals surface area contributed by atoms with E-state index >= 15 is 0 Å². The molecule has 2 rings (SSSR count). The fourth-order valence-corrected chi connectivity index (χ4v) is 2.01. The Morgan fingerprint density at radius 3 is 2.47 bits per heavy atom. The average molecular weight is 258 g/mol. The smallest absolute Gasteiger partial charge is 0.213 e. The quantitative estimate of drug-likeness (QED) is 0.857. The fourth-order valence-electron chi connectivity index (χ4n) is 2.01.